The van der Waals surface area contributed by atoms with Gasteiger partial charge < -0.3 is 10.2 Å². The second kappa shape index (κ2) is 10.8. The predicted octanol–water partition coefficient (Wildman–Crippen LogP) is 3.39. The molecule has 0 spiro atoms. The number of thioether (sulfide) groups is 1. The first-order valence-electron chi connectivity index (χ1n) is 9.72. The Morgan fingerprint density at radius 2 is 1.79 bits per heavy atom. The number of amides is 2. The van der Waals surface area contributed by atoms with E-state index >= 15 is 0 Å². The maximum absolute atomic E-state index is 13.1. The lowest BCUT2D eigenvalue weighted by atomic mass is 10.2. The van der Waals surface area contributed by atoms with E-state index in [2.05, 4.69) is 50.4 Å². The average molecular weight is 476 g/mol. The Morgan fingerprint density at radius 3 is 2.45 bits per heavy atom. The van der Waals surface area contributed by atoms with E-state index in [4.69, 9.17) is 0 Å². The summed E-state index contributed by atoms with van der Waals surface area (Å²) in [5.74, 6) is 0.335. The third kappa shape index (κ3) is 6.87. The van der Waals surface area contributed by atoms with Gasteiger partial charge >= 0.3 is 0 Å². The van der Waals surface area contributed by atoms with Gasteiger partial charge in [-0.2, -0.15) is 0 Å². The van der Waals surface area contributed by atoms with Crippen LogP contribution in [0.1, 0.15) is 12.5 Å². The molecule has 7 heteroatoms. The van der Waals surface area contributed by atoms with Crippen LogP contribution in [0.4, 0.5) is 0 Å². The van der Waals surface area contributed by atoms with Gasteiger partial charge in [0, 0.05) is 54.8 Å². The van der Waals surface area contributed by atoms with Crippen molar-refractivity contribution in [1.82, 2.24) is 15.1 Å². The number of piperazine rings is 1. The van der Waals surface area contributed by atoms with Crippen LogP contribution in [0.5, 0.6) is 0 Å². The van der Waals surface area contributed by atoms with Crippen molar-refractivity contribution in [2.45, 2.75) is 24.4 Å². The van der Waals surface area contributed by atoms with Crippen LogP contribution in [-0.4, -0.2) is 59.6 Å². The fourth-order valence-electron chi connectivity index (χ4n) is 3.34. The SMILES string of the molecule is CC(=O)NC(CSc1cccc(Br)c1)C(=O)N1CCN(Cc2ccccc2)CC1. The third-order valence-corrected chi connectivity index (χ3v) is 6.40. The first kappa shape index (κ1) is 21.9. The molecule has 1 heterocycles. The van der Waals surface area contributed by atoms with E-state index in [0.717, 1.165) is 29.0 Å². The van der Waals surface area contributed by atoms with Crippen molar-refractivity contribution in [2.24, 2.45) is 0 Å². The van der Waals surface area contributed by atoms with Crippen molar-refractivity contribution < 1.29 is 9.59 Å². The summed E-state index contributed by atoms with van der Waals surface area (Å²) in [5, 5.41) is 2.84. The summed E-state index contributed by atoms with van der Waals surface area (Å²) in [5.41, 5.74) is 1.29. The highest BCUT2D eigenvalue weighted by Crippen LogP contribution is 2.23. The molecule has 29 heavy (non-hydrogen) atoms. The molecule has 0 aromatic heterocycles. The molecule has 1 N–H and O–H groups in total. The average Bonchev–Trinajstić information content (AvgIpc) is 2.72. The van der Waals surface area contributed by atoms with Gasteiger partial charge in [-0.15, -0.1) is 11.8 Å². The molecular weight excluding hydrogens is 450 g/mol. The minimum absolute atomic E-state index is 0.00191. The van der Waals surface area contributed by atoms with E-state index in [1.165, 1.54) is 12.5 Å². The second-order valence-corrected chi connectivity index (χ2v) is 9.12. The van der Waals surface area contributed by atoms with Gasteiger partial charge in [-0.05, 0) is 23.8 Å². The number of carbonyl (C=O) groups excluding carboxylic acids is 2. The highest BCUT2D eigenvalue weighted by atomic mass is 79.9. The topological polar surface area (TPSA) is 52.7 Å². The molecule has 1 aliphatic rings. The fraction of sp³-hybridized carbons (Fsp3) is 0.364. The zero-order valence-electron chi connectivity index (χ0n) is 16.5. The van der Waals surface area contributed by atoms with Gasteiger partial charge in [0.05, 0.1) is 0 Å². The Kier molecular flexibility index (Phi) is 8.15. The van der Waals surface area contributed by atoms with Crippen molar-refractivity contribution in [3.63, 3.8) is 0 Å². The summed E-state index contributed by atoms with van der Waals surface area (Å²) in [7, 11) is 0. The highest BCUT2D eigenvalue weighted by Gasteiger charge is 2.28. The van der Waals surface area contributed by atoms with Gasteiger partial charge in [0.25, 0.3) is 0 Å². The Morgan fingerprint density at radius 1 is 1.07 bits per heavy atom. The molecule has 2 aromatic carbocycles. The van der Waals surface area contributed by atoms with Gasteiger partial charge in [-0.1, -0.05) is 52.3 Å². The van der Waals surface area contributed by atoms with Crippen LogP contribution in [0.3, 0.4) is 0 Å². The van der Waals surface area contributed by atoms with Crippen LogP contribution < -0.4 is 5.32 Å². The Labute approximate surface area is 185 Å². The highest BCUT2D eigenvalue weighted by molar-refractivity contribution is 9.10. The van der Waals surface area contributed by atoms with Crippen LogP contribution in [-0.2, 0) is 16.1 Å². The number of hydrogen-bond donors (Lipinski definition) is 1. The zero-order valence-corrected chi connectivity index (χ0v) is 18.9. The largest absolute Gasteiger partial charge is 0.344 e. The quantitative estimate of drug-likeness (QED) is 0.623. The second-order valence-electron chi connectivity index (χ2n) is 7.11. The van der Waals surface area contributed by atoms with E-state index in [9.17, 15) is 9.59 Å². The van der Waals surface area contributed by atoms with Crippen LogP contribution in [0.15, 0.2) is 64.0 Å². The lowest BCUT2D eigenvalue weighted by Gasteiger charge is -2.36. The normalized spacial score (nSPS) is 15.7. The monoisotopic (exact) mass is 475 g/mol. The summed E-state index contributed by atoms with van der Waals surface area (Å²) >= 11 is 5.04. The van der Waals surface area contributed by atoms with Crippen molar-refractivity contribution in [2.75, 3.05) is 31.9 Å². The molecule has 0 saturated carbocycles. The Balaban J connectivity index is 1.54. The molecule has 5 nitrogen and oxygen atoms in total. The first-order valence-corrected chi connectivity index (χ1v) is 11.5. The molecule has 2 amide bonds. The summed E-state index contributed by atoms with van der Waals surface area (Å²) in [6.45, 7) is 5.41. The van der Waals surface area contributed by atoms with Gasteiger partial charge in [-0.25, -0.2) is 0 Å². The number of benzene rings is 2. The van der Waals surface area contributed by atoms with Crippen molar-refractivity contribution in [1.29, 1.82) is 0 Å². The molecule has 1 aliphatic heterocycles. The fourth-order valence-corrected chi connectivity index (χ4v) is 4.87. The third-order valence-electron chi connectivity index (χ3n) is 4.82. The molecule has 0 bridgehead atoms. The lowest BCUT2D eigenvalue weighted by Crippen LogP contribution is -2.55. The molecule has 1 unspecified atom stereocenters. The van der Waals surface area contributed by atoms with E-state index in [1.54, 1.807) is 11.8 Å². The van der Waals surface area contributed by atoms with Gasteiger partial charge in [0.2, 0.25) is 11.8 Å². The van der Waals surface area contributed by atoms with E-state index in [1.807, 2.05) is 35.2 Å². The molecule has 0 radical (unpaired) electrons. The zero-order chi connectivity index (χ0) is 20.6. The van der Waals surface area contributed by atoms with Gasteiger partial charge in [-0.3, -0.25) is 14.5 Å². The summed E-state index contributed by atoms with van der Waals surface area (Å²) in [4.78, 5) is 30.0. The van der Waals surface area contributed by atoms with E-state index in [0.29, 0.717) is 18.8 Å². The molecule has 1 fully saturated rings. The van der Waals surface area contributed by atoms with Crippen molar-refractivity contribution >= 4 is 39.5 Å². The van der Waals surface area contributed by atoms with Gasteiger partial charge in [0.1, 0.15) is 6.04 Å². The first-order chi connectivity index (χ1) is 14.0. The number of carbonyl (C=O) groups is 2. The van der Waals surface area contributed by atoms with E-state index < -0.39 is 6.04 Å². The smallest absolute Gasteiger partial charge is 0.246 e. The maximum Gasteiger partial charge on any atom is 0.246 e. The number of halogens is 1. The molecule has 1 saturated heterocycles. The van der Waals surface area contributed by atoms with Crippen LogP contribution in [0.25, 0.3) is 0 Å². The molecule has 1 atom stereocenters. The number of nitrogens with zero attached hydrogens (tertiary/aromatic N) is 2. The standard InChI is InChI=1S/C22H26BrN3O2S/c1-17(27)24-21(16-29-20-9-5-8-19(23)14-20)22(28)26-12-10-25(11-13-26)15-18-6-3-2-4-7-18/h2-9,14,21H,10-13,15-16H2,1H3,(H,24,27). The maximum atomic E-state index is 13.1. The van der Waals surface area contributed by atoms with Crippen molar-refractivity contribution in [3.8, 4) is 0 Å². The summed E-state index contributed by atoms with van der Waals surface area (Å²) in [6, 6.07) is 17.8. The van der Waals surface area contributed by atoms with E-state index in [-0.39, 0.29) is 11.8 Å². The summed E-state index contributed by atoms with van der Waals surface area (Å²) < 4.78 is 0.999. The molecule has 154 valence electrons. The minimum atomic E-state index is -0.517. The number of hydrogen-bond acceptors (Lipinski definition) is 4. The van der Waals surface area contributed by atoms with Crippen LogP contribution in [0.2, 0.25) is 0 Å². The minimum Gasteiger partial charge on any atom is -0.344 e. The molecular formula is C22H26BrN3O2S. The predicted molar refractivity (Wildman–Crippen MR) is 121 cm³/mol. The lowest BCUT2D eigenvalue weighted by molar-refractivity contribution is -0.137. The summed E-state index contributed by atoms with van der Waals surface area (Å²) in [6.07, 6.45) is 0. The molecule has 2 aromatic rings. The number of rotatable bonds is 7. The van der Waals surface area contributed by atoms with Crippen molar-refractivity contribution in [3.05, 3.63) is 64.6 Å². The molecule has 0 aliphatic carbocycles. The Hall–Kier alpha value is -1.83. The van der Waals surface area contributed by atoms with Crippen LogP contribution >= 0.6 is 27.7 Å². The van der Waals surface area contributed by atoms with Crippen LogP contribution in [0, 0.1) is 0 Å². The molecule has 3 rings (SSSR count). The number of nitrogens with one attached hydrogen (secondary N) is 1. The van der Waals surface area contributed by atoms with Gasteiger partial charge in [0.15, 0.2) is 0 Å². The Bertz CT molecular complexity index is 826.